The van der Waals surface area contributed by atoms with Gasteiger partial charge in [-0.1, -0.05) is 38.0 Å². The lowest BCUT2D eigenvalue weighted by Gasteiger charge is -1.91. The van der Waals surface area contributed by atoms with Crippen molar-refractivity contribution < 1.29 is 9.90 Å². The lowest BCUT2D eigenvalue weighted by atomic mass is 10.2. The maximum absolute atomic E-state index is 10.0. The summed E-state index contributed by atoms with van der Waals surface area (Å²) in [5.74, 6) is 4.64. The SMILES string of the molecule is CCCCCCC#CC=CC(=O)O. The van der Waals surface area contributed by atoms with Gasteiger partial charge in [-0.05, 0) is 12.5 Å². The van der Waals surface area contributed by atoms with Gasteiger partial charge in [-0.15, -0.1) is 0 Å². The first-order valence-corrected chi connectivity index (χ1v) is 4.65. The predicted octanol–water partition coefficient (Wildman–Crippen LogP) is 2.60. The zero-order valence-electron chi connectivity index (χ0n) is 8.05. The van der Waals surface area contributed by atoms with Crippen LogP contribution in [-0.4, -0.2) is 11.1 Å². The van der Waals surface area contributed by atoms with Crippen LogP contribution >= 0.6 is 0 Å². The summed E-state index contributed by atoms with van der Waals surface area (Å²) in [5.41, 5.74) is 0. The molecule has 0 radical (unpaired) electrons. The minimum absolute atomic E-state index is 0.865. The van der Waals surface area contributed by atoms with E-state index in [1.807, 2.05) is 0 Å². The summed E-state index contributed by atoms with van der Waals surface area (Å²) in [6.45, 7) is 2.17. The zero-order valence-corrected chi connectivity index (χ0v) is 8.05. The average Bonchev–Trinajstić information content (AvgIpc) is 2.09. The molecule has 72 valence electrons. The third kappa shape index (κ3) is 10.8. The molecule has 0 rings (SSSR count). The minimum atomic E-state index is -0.944. The van der Waals surface area contributed by atoms with Crippen molar-refractivity contribution >= 4 is 5.97 Å². The summed E-state index contributed by atoms with van der Waals surface area (Å²) < 4.78 is 0. The molecule has 0 atom stereocenters. The predicted molar refractivity (Wildman–Crippen MR) is 53.3 cm³/mol. The van der Waals surface area contributed by atoms with Gasteiger partial charge in [0.15, 0.2) is 0 Å². The van der Waals surface area contributed by atoms with Gasteiger partial charge in [-0.25, -0.2) is 4.79 Å². The molecule has 0 unspecified atom stereocenters. The highest BCUT2D eigenvalue weighted by Crippen LogP contribution is 2.00. The fourth-order valence-corrected chi connectivity index (χ4v) is 0.884. The van der Waals surface area contributed by atoms with Gasteiger partial charge in [0, 0.05) is 12.5 Å². The van der Waals surface area contributed by atoms with Crippen LogP contribution < -0.4 is 0 Å². The molecule has 0 aliphatic rings. The lowest BCUT2D eigenvalue weighted by molar-refractivity contribution is -0.131. The van der Waals surface area contributed by atoms with E-state index >= 15 is 0 Å². The van der Waals surface area contributed by atoms with Crippen molar-refractivity contribution in [1.82, 2.24) is 0 Å². The molecule has 13 heavy (non-hydrogen) atoms. The molecular weight excluding hydrogens is 164 g/mol. The Balaban J connectivity index is 3.35. The standard InChI is InChI=1S/C11H16O2/c1-2-3-4-5-6-7-8-9-10-11(12)13/h9-10H,2-6H2,1H3,(H,12,13). The van der Waals surface area contributed by atoms with Gasteiger partial charge >= 0.3 is 5.97 Å². The molecule has 0 aliphatic carbocycles. The molecule has 0 heterocycles. The first-order chi connectivity index (χ1) is 6.27. The lowest BCUT2D eigenvalue weighted by Crippen LogP contribution is -1.84. The van der Waals surface area contributed by atoms with Gasteiger partial charge in [-0.3, -0.25) is 0 Å². The molecule has 0 amide bonds. The van der Waals surface area contributed by atoms with Gasteiger partial charge in [0.1, 0.15) is 0 Å². The van der Waals surface area contributed by atoms with E-state index < -0.39 is 5.97 Å². The van der Waals surface area contributed by atoms with E-state index in [2.05, 4.69) is 18.8 Å². The summed E-state index contributed by atoms with van der Waals surface area (Å²) in [7, 11) is 0. The molecule has 0 aromatic heterocycles. The second-order valence-corrected chi connectivity index (χ2v) is 2.80. The third-order valence-corrected chi connectivity index (χ3v) is 1.57. The van der Waals surface area contributed by atoms with Gasteiger partial charge in [0.2, 0.25) is 0 Å². The number of rotatable bonds is 5. The van der Waals surface area contributed by atoms with E-state index in [-0.39, 0.29) is 0 Å². The van der Waals surface area contributed by atoms with Gasteiger partial charge < -0.3 is 5.11 Å². The van der Waals surface area contributed by atoms with Gasteiger partial charge in [0.25, 0.3) is 0 Å². The average molecular weight is 180 g/mol. The van der Waals surface area contributed by atoms with Crippen LogP contribution in [0.5, 0.6) is 0 Å². The van der Waals surface area contributed by atoms with Crippen molar-refractivity contribution in [3.63, 3.8) is 0 Å². The van der Waals surface area contributed by atoms with E-state index in [9.17, 15) is 4.79 Å². The fraction of sp³-hybridized carbons (Fsp3) is 0.545. The Bertz CT molecular complexity index is 218. The maximum Gasteiger partial charge on any atom is 0.328 e. The topological polar surface area (TPSA) is 37.3 Å². The molecule has 0 spiro atoms. The second-order valence-electron chi connectivity index (χ2n) is 2.80. The van der Waals surface area contributed by atoms with E-state index in [0.717, 1.165) is 18.9 Å². The number of hydrogen-bond acceptors (Lipinski definition) is 1. The van der Waals surface area contributed by atoms with Crippen LogP contribution in [0, 0.1) is 11.8 Å². The third-order valence-electron chi connectivity index (χ3n) is 1.57. The van der Waals surface area contributed by atoms with Crippen molar-refractivity contribution in [3.8, 4) is 11.8 Å². The smallest absolute Gasteiger partial charge is 0.328 e. The molecule has 1 N–H and O–H groups in total. The fourth-order valence-electron chi connectivity index (χ4n) is 0.884. The van der Waals surface area contributed by atoms with Crippen LogP contribution in [0.1, 0.15) is 39.0 Å². The second kappa shape index (κ2) is 8.86. The number of carboxylic acids is 1. The number of carbonyl (C=O) groups is 1. The summed E-state index contributed by atoms with van der Waals surface area (Å²) in [6.07, 6.45) is 8.11. The van der Waals surface area contributed by atoms with Crippen LogP contribution in [0.25, 0.3) is 0 Å². The monoisotopic (exact) mass is 180 g/mol. The molecule has 0 aromatic rings. The normalized spacial score (nSPS) is 9.62. The van der Waals surface area contributed by atoms with Crippen molar-refractivity contribution in [2.45, 2.75) is 39.0 Å². The van der Waals surface area contributed by atoms with Crippen molar-refractivity contribution in [2.24, 2.45) is 0 Å². The largest absolute Gasteiger partial charge is 0.478 e. The van der Waals surface area contributed by atoms with Crippen LogP contribution in [0.2, 0.25) is 0 Å². The quantitative estimate of drug-likeness (QED) is 0.401. The molecule has 0 bridgehead atoms. The Morgan fingerprint density at radius 1 is 1.38 bits per heavy atom. The molecule has 0 saturated carbocycles. The van der Waals surface area contributed by atoms with Crippen molar-refractivity contribution in [3.05, 3.63) is 12.2 Å². The number of allylic oxidation sites excluding steroid dienone is 1. The first kappa shape index (κ1) is 11.8. The van der Waals surface area contributed by atoms with Crippen molar-refractivity contribution in [1.29, 1.82) is 0 Å². The van der Waals surface area contributed by atoms with Crippen LogP contribution in [0.3, 0.4) is 0 Å². The molecule has 0 fully saturated rings. The Kier molecular flexibility index (Phi) is 8.02. The maximum atomic E-state index is 10.0. The number of hydrogen-bond donors (Lipinski definition) is 1. The molecule has 0 saturated heterocycles. The molecule has 0 aliphatic heterocycles. The first-order valence-electron chi connectivity index (χ1n) is 4.65. The number of unbranched alkanes of at least 4 members (excludes halogenated alkanes) is 4. The summed E-state index contributed by atoms with van der Waals surface area (Å²) in [4.78, 5) is 10.0. The van der Waals surface area contributed by atoms with E-state index in [0.29, 0.717) is 0 Å². The Morgan fingerprint density at radius 3 is 2.77 bits per heavy atom. The number of aliphatic carboxylic acids is 1. The van der Waals surface area contributed by atoms with E-state index in [1.165, 1.54) is 25.3 Å². The summed E-state index contributed by atoms with van der Waals surface area (Å²) in [5, 5.41) is 8.23. The highest BCUT2D eigenvalue weighted by Gasteiger charge is 1.83. The molecule has 2 heteroatoms. The summed E-state index contributed by atoms with van der Waals surface area (Å²) >= 11 is 0. The number of carboxylic acid groups (broad SMARTS) is 1. The van der Waals surface area contributed by atoms with Crippen LogP contribution in [-0.2, 0) is 4.79 Å². The highest BCUT2D eigenvalue weighted by molar-refractivity contribution is 5.80. The minimum Gasteiger partial charge on any atom is -0.478 e. The Labute approximate surface area is 79.7 Å². The van der Waals surface area contributed by atoms with Crippen molar-refractivity contribution in [2.75, 3.05) is 0 Å². The Morgan fingerprint density at radius 2 is 2.15 bits per heavy atom. The van der Waals surface area contributed by atoms with Crippen LogP contribution in [0.15, 0.2) is 12.2 Å². The van der Waals surface area contributed by atoms with Gasteiger partial charge in [0.05, 0.1) is 0 Å². The Hall–Kier alpha value is -1.23. The molecular formula is C11H16O2. The van der Waals surface area contributed by atoms with E-state index in [4.69, 9.17) is 5.11 Å². The van der Waals surface area contributed by atoms with E-state index in [1.54, 1.807) is 0 Å². The molecule has 2 nitrogen and oxygen atoms in total. The molecule has 0 aromatic carbocycles. The van der Waals surface area contributed by atoms with Gasteiger partial charge in [-0.2, -0.15) is 0 Å². The highest BCUT2D eigenvalue weighted by atomic mass is 16.4. The van der Waals surface area contributed by atoms with Crippen LogP contribution in [0.4, 0.5) is 0 Å². The summed E-state index contributed by atoms with van der Waals surface area (Å²) in [6, 6.07) is 0. The zero-order chi connectivity index (χ0) is 9.94.